The Morgan fingerprint density at radius 2 is 2.25 bits per heavy atom. The predicted molar refractivity (Wildman–Crippen MR) is 65.4 cm³/mol. The number of carbonyl (C=O) groups is 2. The van der Waals surface area contributed by atoms with E-state index in [0.717, 1.165) is 5.17 Å². The molecule has 0 aliphatic carbocycles. The van der Waals surface area contributed by atoms with Gasteiger partial charge in [0.25, 0.3) is 0 Å². The van der Waals surface area contributed by atoms with Crippen molar-refractivity contribution in [2.75, 3.05) is 20.1 Å². The summed E-state index contributed by atoms with van der Waals surface area (Å²) in [4.78, 5) is 29.1. The maximum atomic E-state index is 11.9. The van der Waals surface area contributed by atoms with Crippen LogP contribution in [0.25, 0.3) is 0 Å². The molecule has 1 aliphatic rings. The Kier molecular flexibility index (Phi) is 4.79. The van der Waals surface area contributed by atoms with E-state index >= 15 is 0 Å². The summed E-state index contributed by atoms with van der Waals surface area (Å²) in [5.74, 6) is -0.122. The molecule has 0 unspecified atom stereocenters. The van der Waals surface area contributed by atoms with Crippen molar-refractivity contribution in [1.29, 1.82) is 0 Å². The standard InChI is InChI=1S/C10H17N3O2S/c1-4-12-10-13(5-2)9(15)7(16-10)6-8(14)11-3/h7H,4-6H2,1-3H3,(H,11,14)/t7-/m0/s1. The van der Waals surface area contributed by atoms with Crippen molar-refractivity contribution < 1.29 is 9.59 Å². The smallest absolute Gasteiger partial charge is 0.242 e. The Labute approximate surface area is 99.7 Å². The van der Waals surface area contributed by atoms with E-state index in [1.165, 1.54) is 11.8 Å². The van der Waals surface area contributed by atoms with Gasteiger partial charge in [0.05, 0.1) is 0 Å². The van der Waals surface area contributed by atoms with Crippen molar-refractivity contribution >= 4 is 28.7 Å². The minimum Gasteiger partial charge on any atom is -0.359 e. The van der Waals surface area contributed by atoms with E-state index in [2.05, 4.69) is 10.3 Å². The molecule has 1 N–H and O–H groups in total. The van der Waals surface area contributed by atoms with E-state index in [1.807, 2.05) is 13.8 Å². The molecule has 0 radical (unpaired) electrons. The number of nitrogens with one attached hydrogen (secondary N) is 1. The van der Waals surface area contributed by atoms with Crippen LogP contribution in [-0.4, -0.2) is 47.3 Å². The molecule has 0 aromatic rings. The van der Waals surface area contributed by atoms with Crippen molar-refractivity contribution in [2.45, 2.75) is 25.5 Å². The van der Waals surface area contributed by atoms with E-state index < -0.39 is 0 Å². The number of hydrogen-bond donors (Lipinski definition) is 1. The van der Waals surface area contributed by atoms with E-state index in [9.17, 15) is 9.59 Å². The van der Waals surface area contributed by atoms with Gasteiger partial charge in [-0.25, -0.2) is 0 Å². The van der Waals surface area contributed by atoms with Gasteiger partial charge >= 0.3 is 0 Å². The number of amides is 2. The Morgan fingerprint density at radius 1 is 1.56 bits per heavy atom. The van der Waals surface area contributed by atoms with Crippen LogP contribution in [-0.2, 0) is 9.59 Å². The second-order valence-electron chi connectivity index (χ2n) is 3.32. The van der Waals surface area contributed by atoms with Gasteiger partial charge in [0, 0.05) is 26.6 Å². The van der Waals surface area contributed by atoms with Crippen LogP contribution in [0.5, 0.6) is 0 Å². The van der Waals surface area contributed by atoms with Crippen LogP contribution in [0.1, 0.15) is 20.3 Å². The fourth-order valence-electron chi connectivity index (χ4n) is 1.46. The number of nitrogens with zero attached hydrogens (tertiary/aromatic N) is 2. The van der Waals surface area contributed by atoms with Gasteiger partial charge in [-0.15, -0.1) is 0 Å². The maximum absolute atomic E-state index is 11.9. The molecule has 1 fully saturated rings. The first kappa shape index (κ1) is 13.0. The highest BCUT2D eigenvalue weighted by molar-refractivity contribution is 8.15. The maximum Gasteiger partial charge on any atom is 0.242 e. The SMILES string of the molecule is CCN=C1S[C@@H](CC(=O)NC)C(=O)N1CC. The largest absolute Gasteiger partial charge is 0.359 e. The summed E-state index contributed by atoms with van der Waals surface area (Å²) >= 11 is 1.39. The monoisotopic (exact) mass is 243 g/mol. The third-order valence-corrected chi connectivity index (χ3v) is 3.49. The van der Waals surface area contributed by atoms with Crippen LogP contribution in [0, 0.1) is 0 Å². The third-order valence-electron chi connectivity index (χ3n) is 2.28. The van der Waals surface area contributed by atoms with E-state index in [4.69, 9.17) is 0 Å². The van der Waals surface area contributed by atoms with E-state index in [1.54, 1.807) is 11.9 Å². The number of rotatable bonds is 4. The zero-order valence-electron chi connectivity index (χ0n) is 9.82. The van der Waals surface area contributed by atoms with Gasteiger partial charge in [0.1, 0.15) is 5.25 Å². The molecular weight excluding hydrogens is 226 g/mol. The highest BCUT2D eigenvalue weighted by Crippen LogP contribution is 2.29. The van der Waals surface area contributed by atoms with Gasteiger partial charge in [-0.1, -0.05) is 11.8 Å². The molecule has 2 amide bonds. The lowest BCUT2D eigenvalue weighted by Gasteiger charge is -2.12. The van der Waals surface area contributed by atoms with E-state index in [-0.39, 0.29) is 23.5 Å². The first-order valence-electron chi connectivity index (χ1n) is 5.37. The van der Waals surface area contributed by atoms with Crippen LogP contribution >= 0.6 is 11.8 Å². The van der Waals surface area contributed by atoms with Crippen LogP contribution in [0.3, 0.4) is 0 Å². The van der Waals surface area contributed by atoms with Crippen molar-refractivity contribution in [3.63, 3.8) is 0 Å². The molecule has 1 saturated heterocycles. The summed E-state index contributed by atoms with van der Waals surface area (Å²) in [5, 5.41) is 2.95. The first-order chi connectivity index (χ1) is 7.63. The third kappa shape index (κ3) is 2.75. The molecule has 0 aromatic carbocycles. The fraction of sp³-hybridized carbons (Fsp3) is 0.700. The summed E-state index contributed by atoms with van der Waals surface area (Å²) in [6.07, 6.45) is 0.221. The Bertz CT molecular complexity index is 317. The average Bonchev–Trinajstić information content (AvgIpc) is 2.56. The number of aliphatic imine (C=N–C) groups is 1. The van der Waals surface area contributed by atoms with Crippen LogP contribution < -0.4 is 5.32 Å². The van der Waals surface area contributed by atoms with Gasteiger partial charge in [0.15, 0.2) is 5.17 Å². The summed E-state index contributed by atoms with van der Waals surface area (Å²) in [6, 6.07) is 0. The predicted octanol–water partition coefficient (Wildman–Crippen LogP) is 0.462. The van der Waals surface area contributed by atoms with Crippen molar-refractivity contribution in [2.24, 2.45) is 4.99 Å². The summed E-state index contributed by atoms with van der Waals surface area (Å²) < 4.78 is 0. The minimum atomic E-state index is -0.315. The second kappa shape index (κ2) is 5.89. The minimum absolute atomic E-state index is 0.0108. The molecule has 0 aromatic heterocycles. The number of thioether (sulfide) groups is 1. The van der Waals surface area contributed by atoms with E-state index in [0.29, 0.717) is 13.1 Å². The van der Waals surface area contributed by atoms with Crippen LogP contribution in [0.4, 0.5) is 0 Å². The lowest BCUT2D eigenvalue weighted by Crippen LogP contribution is -2.34. The molecule has 90 valence electrons. The number of hydrogen-bond acceptors (Lipinski definition) is 4. The highest BCUT2D eigenvalue weighted by atomic mass is 32.2. The highest BCUT2D eigenvalue weighted by Gasteiger charge is 2.37. The van der Waals surface area contributed by atoms with Crippen molar-refractivity contribution in [1.82, 2.24) is 10.2 Å². The Balaban J connectivity index is 2.74. The van der Waals surface area contributed by atoms with Crippen molar-refractivity contribution in [3.8, 4) is 0 Å². The zero-order valence-corrected chi connectivity index (χ0v) is 10.6. The van der Waals surface area contributed by atoms with Crippen molar-refractivity contribution in [3.05, 3.63) is 0 Å². The molecule has 5 nitrogen and oxygen atoms in total. The lowest BCUT2D eigenvalue weighted by molar-refractivity contribution is -0.129. The second-order valence-corrected chi connectivity index (χ2v) is 4.49. The molecule has 0 spiro atoms. The molecule has 0 saturated carbocycles. The summed E-state index contributed by atoms with van der Waals surface area (Å²) in [7, 11) is 1.57. The topological polar surface area (TPSA) is 61.8 Å². The Hall–Kier alpha value is -1.04. The molecule has 16 heavy (non-hydrogen) atoms. The Morgan fingerprint density at radius 3 is 2.75 bits per heavy atom. The summed E-state index contributed by atoms with van der Waals surface area (Å²) in [6.45, 7) is 5.09. The van der Waals surface area contributed by atoms with Crippen LogP contribution in [0.15, 0.2) is 4.99 Å². The summed E-state index contributed by atoms with van der Waals surface area (Å²) in [5.41, 5.74) is 0. The molecule has 6 heteroatoms. The molecule has 1 atom stereocenters. The average molecular weight is 243 g/mol. The molecule has 1 aliphatic heterocycles. The zero-order chi connectivity index (χ0) is 12.1. The van der Waals surface area contributed by atoms with Crippen LogP contribution in [0.2, 0.25) is 0 Å². The quantitative estimate of drug-likeness (QED) is 0.780. The van der Waals surface area contributed by atoms with Gasteiger partial charge in [0.2, 0.25) is 11.8 Å². The lowest BCUT2D eigenvalue weighted by atomic mass is 10.2. The van der Waals surface area contributed by atoms with Gasteiger partial charge in [-0.2, -0.15) is 0 Å². The van der Waals surface area contributed by atoms with Gasteiger partial charge in [-0.3, -0.25) is 19.5 Å². The normalized spacial score (nSPS) is 22.9. The molecule has 1 heterocycles. The molecule has 1 rings (SSSR count). The van der Waals surface area contributed by atoms with Gasteiger partial charge < -0.3 is 5.32 Å². The van der Waals surface area contributed by atoms with Gasteiger partial charge in [-0.05, 0) is 13.8 Å². The fourth-order valence-corrected chi connectivity index (χ4v) is 2.72. The molecule has 0 bridgehead atoms. The molecular formula is C10H17N3O2S. The number of amidine groups is 1. The number of carbonyl (C=O) groups excluding carboxylic acids is 2. The first-order valence-corrected chi connectivity index (χ1v) is 6.25.